The molecule has 0 fully saturated rings. The van der Waals surface area contributed by atoms with Crippen LogP contribution in [0, 0.1) is 0 Å². The monoisotopic (exact) mass is 272 g/mol. The van der Waals surface area contributed by atoms with Gasteiger partial charge in [-0.05, 0) is 18.6 Å². The third-order valence-corrected chi connectivity index (χ3v) is 2.83. The van der Waals surface area contributed by atoms with Crippen LogP contribution in [-0.4, -0.2) is 39.6 Å². The summed E-state index contributed by atoms with van der Waals surface area (Å²) in [5, 5.41) is 8.86. The molecule has 0 aliphatic rings. The first-order chi connectivity index (χ1) is 9.60. The summed E-state index contributed by atoms with van der Waals surface area (Å²) in [6, 6.07) is 5.47. The molecule has 0 saturated carbocycles. The van der Waals surface area contributed by atoms with Crippen LogP contribution in [0.4, 0.5) is 5.82 Å². The van der Waals surface area contributed by atoms with Crippen LogP contribution >= 0.6 is 0 Å². The molecule has 2 rings (SSSR count). The van der Waals surface area contributed by atoms with E-state index < -0.39 is 5.97 Å². The third-order valence-electron chi connectivity index (χ3n) is 2.83. The number of carbonyl (C=O) groups is 1. The number of likely N-dealkylation sites (N-methyl/N-ethyl adjacent to an activating group) is 1. The van der Waals surface area contributed by atoms with Gasteiger partial charge in [-0.2, -0.15) is 0 Å². The second-order valence-electron chi connectivity index (χ2n) is 4.38. The Morgan fingerprint density at radius 1 is 1.30 bits per heavy atom. The quantitative estimate of drug-likeness (QED) is 0.891. The lowest BCUT2D eigenvalue weighted by atomic mass is 10.2. The Bertz CT molecular complexity index is 601. The smallest absolute Gasteiger partial charge is 0.323 e. The number of hydrogen-bond donors (Lipinski definition) is 1. The first-order valence-electron chi connectivity index (χ1n) is 6.31. The predicted octanol–water partition coefficient (Wildman–Crippen LogP) is 1.62. The topological polar surface area (TPSA) is 79.2 Å². The molecule has 0 atom stereocenters. The van der Waals surface area contributed by atoms with Crippen molar-refractivity contribution < 1.29 is 9.90 Å². The number of nitrogens with zero attached hydrogens (tertiary/aromatic N) is 4. The summed E-state index contributed by atoms with van der Waals surface area (Å²) in [5.74, 6) is 0.291. The Labute approximate surface area is 117 Å². The largest absolute Gasteiger partial charge is 0.480 e. The summed E-state index contributed by atoms with van der Waals surface area (Å²) in [4.78, 5) is 25.3. The van der Waals surface area contributed by atoms with Crippen LogP contribution in [0.3, 0.4) is 0 Å². The summed E-state index contributed by atoms with van der Waals surface area (Å²) >= 11 is 0. The van der Waals surface area contributed by atoms with Gasteiger partial charge in [0.15, 0.2) is 5.82 Å². The first-order valence-corrected chi connectivity index (χ1v) is 6.31. The molecule has 0 spiro atoms. The van der Waals surface area contributed by atoms with Crippen LogP contribution in [0.1, 0.15) is 12.6 Å². The Morgan fingerprint density at radius 3 is 2.60 bits per heavy atom. The second-order valence-corrected chi connectivity index (χ2v) is 4.38. The van der Waals surface area contributed by atoms with Gasteiger partial charge in [0.25, 0.3) is 0 Å². The molecule has 0 amide bonds. The Kier molecular flexibility index (Phi) is 4.24. The van der Waals surface area contributed by atoms with E-state index in [9.17, 15) is 4.79 Å². The SMILES string of the molecule is CCc1cc(N(C)CC(=O)O)nc(-c2ccncc2)n1. The van der Waals surface area contributed by atoms with E-state index in [-0.39, 0.29) is 6.54 Å². The van der Waals surface area contributed by atoms with Crippen molar-refractivity contribution in [3.05, 3.63) is 36.3 Å². The zero-order valence-electron chi connectivity index (χ0n) is 11.4. The maximum absolute atomic E-state index is 10.8. The normalized spacial score (nSPS) is 10.3. The minimum absolute atomic E-state index is 0.101. The maximum Gasteiger partial charge on any atom is 0.323 e. The van der Waals surface area contributed by atoms with Crippen molar-refractivity contribution in [3.8, 4) is 11.4 Å². The lowest BCUT2D eigenvalue weighted by molar-refractivity contribution is -0.135. The minimum Gasteiger partial charge on any atom is -0.480 e. The highest BCUT2D eigenvalue weighted by molar-refractivity contribution is 5.73. The summed E-state index contributed by atoms with van der Waals surface area (Å²) in [7, 11) is 1.70. The molecule has 2 aromatic rings. The lowest BCUT2D eigenvalue weighted by Gasteiger charge is -2.17. The fourth-order valence-corrected chi connectivity index (χ4v) is 1.77. The fourth-order valence-electron chi connectivity index (χ4n) is 1.77. The molecule has 0 aliphatic heterocycles. The molecular weight excluding hydrogens is 256 g/mol. The van der Waals surface area contributed by atoms with Crippen molar-refractivity contribution in [2.45, 2.75) is 13.3 Å². The van der Waals surface area contributed by atoms with Gasteiger partial charge < -0.3 is 10.0 Å². The van der Waals surface area contributed by atoms with Crippen molar-refractivity contribution in [2.24, 2.45) is 0 Å². The number of carboxylic acid groups (broad SMARTS) is 1. The molecule has 1 N–H and O–H groups in total. The third kappa shape index (κ3) is 3.28. The second kappa shape index (κ2) is 6.10. The molecule has 0 radical (unpaired) electrons. The predicted molar refractivity (Wildman–Crippen MR) is 75.5 cm³/mol. The molecule has 0 aromatic carbocycles. The van der Waals surface area contributed by atoms with Gasteiger partial charge in [-0.15, -0.1) is 0 Å². The zero-order valence-corrected chi connectivity index (χ0v) is 11.4. The van der Waals surface area contributed by atoms with Gasteiger partial charge in [0.2, 0.25) is 0 Å². The van der Waals surface area contributed by atoms with E-state index >= 15 is 0 Å². The van der Waals surface area contributed by atoms with Crippen molar-refractivity contribution in [2.75, 3.05) is 18.5 Å². The first kappa shape index (κ1) is 13.9. The number of anilines is 1. The molecule has 2 heterocycles. The van der Waals surface area contributed by atoms with Gasteiger partial charge in [0, 0.05) is 36.8 Å². The van der Waals surface area contributed by atoms with Crippen LogP contribution in [0.5, 0.6) is 0 Å². The number of aliphatic carboxylic acids is 1. The van der Waals surface area contributed by atoms with Gasteiger partial charge >= 0.3 is 5.97 Å². The Hall–Kier alpha value is -2.50. The average Bonchev–Trinajstić information content (AvgIpc) is 2.47. The van der Waals surface area contributed by atoms with Crippen LogP contribution in [0.25, 0.3) is 11.4 Å². The number of aryl methyl sites for hydroxylation is 1. The van der Waals surface area contributed by atoms with Crippen LogP contribution in [0.15, 0.2) is 30.6 Å². The molecule has 0 aliphatic carbocycles. The lowest BCUT2D eigenvalue weighted by Crippen LogP contribution is -2.26. The molecule has 0 bridgehead atoms. The average molecular weight is 272 g/mol. The summed E-state index contributed by atoms with van der Waals surface area (Å²) in [6.45, 7) is 1.90. The van der Waals surface area contributed by atoms with Gasteiger partial charge in [0.1, 0.15) is 12.4 Å². The van der Waals surface area contributed by atoms with E-state index in [1.165, 1.54) is 0 Å². The number of pyridine rings is 1. The molecule has 6 heteroatoms. The van der Waals surface area contributed by atoms with Crippen LogP contribution in [-0.2, 0) is 11.2 Å². The van der Waals surface area contributed by atoms with Gasteiger partial charge in [0.05, 0.1) is 0 Å². The fraction of sp³-hybridized carbons (Fsp3) is 0.286. The molecule has 0 unspecified atom stereocenters. The van der Waals surface area contributed by atoms with Crippen molar-refractivity contribution in [1.82, 2.24) is 15.0 Å². The highest BCUT2D eigenvalue weighted by Crippen LogP contribution is 2.19. The molecule has 104 valence electrons. The highest BCUT2D eigenvalue weighted by atomic mass is 16.4. The number of carboxylic acids is 1. The van der Waals surface area contributed by atoms with Gasteiger partial charge in [-0.3, -0.25) is 9.78 Å². The van der Waals surface area contributed by atoms with E-state index in [0.717, 1.165) is 17.7 Å². The number of hydrogen-bond acceptors (Lipinski definition) is 5. The van der Waals surface area contributed by atoms with E-state index in [0.29, 0.717) is 11.6 Å². The van der Waals surface area contributed by atoms with E-state index in [1.54, 1.807) is 24.3 Å². The number of rotatable bonds is 5. The Balaban J connectivity index is 2.41. The number of aromatic nitrogens is 3. The minimum atomic E-state index is -0.894. The van der Waals surface area contributed by atoms with Crippen LogP contribution in [0.2, 0.25) is 0 Å². The molecular formula is C14H16N4O2. The summed E-state index contributed by atoms with van der Waals surface area (Å²) in [6.07, 6.45) is 4.12. The van der Waals surface area contributed by atoms with Crippen LogP contribution < -0.4 is 4.90 Å². The van der Waals surface area contributed by atoms with E-state index in [2.05, 4.69) is 15.0 Å². The zero-order chi connectivity index (χ0) is 14.5. The highest BCUT2D eigenvalue weighted by Gasteiger charge is 2.11. The Morgan fingerprint density at radius 2 is 2.00 bits per heavy atom. The van der Waals surface area contributed by atoms with Gasteiger partial charge in [-0.1, -0.05) is 6.92 Å². The standard InChI is InChI=1S/C14H16N4O2/c1-3-11-8-12(18(2)9-13(19)20)17-14(16-11)10-4-6-15-7-5-10/h4-8H,3,9H2,1-2H3,(H,19,20). The molecule has 20 heavy (non-hydrogen) atoms. The summed E-state index contributed by atoms with van der Waals surface area (Å²) < 4.78 is 0. The summed E-state index contributed by atoms with van der Waals surface area (Å²) in [5.41, 5.74) is 1.74. The van der Waals surface area contributed by atoms with E-state index in [1.807, 2.05) is 25.1 Å². The van der Waals surface area contributed by atoms with E-state index in [4.69, 9.17) is 5.11 Å². The molecule has 0 saturated heterocycles. The maximum atomic E-state index is 10.8. The molecule has 6 nitrogen and oxygen atoms in total. The van der Waals surface area contributed by atoms with Crippen molar-refractivity contribution in [3.63, 3.8) is 0 Å². The van der Waals surface area contributed by atoms with Crippen molar-refractivity contribution in [1.29, 1.82) is 0 Å². The molecule has 2 aromatic heterocycles. The van der Waals surface area contributed by atoms with Gasteiger partial charge in [-0.25, -0.2) is 9.97 Å². The van der Waals surface area contributed by atoms with Crippen molar-refractivity contribution >= 4 is 11.8 Å².